The Hall–Kier alpha value is -2.04. The molecule has 0 aliphatic rings. The fourth-order valence-corrected chi connectivity index (χ4v) is 1.73. The van der Waals surface area contributed by atoms with Crippen molar-refractivity contribution in [2.45, 2.75) is 32.7 Å². The molecular formula is C14H19NO4. The third-order valence-corrected chi connectivity index (χ3v) is 2.86. The maximum absolute atomic E-state index is 11.7. The molecule has 0 fully saturated rings. The van der Waals surface area contributed by atoms with Gasteiger partial charge < -0.3 is 15.5 Å². The van der Waals surface area contributed by atoms with Crippen LogP contribution in [0.15, 0.2) is 24.3 Å². The molecule has 0 saturated carbocycles. The fourth-order valence-electron chi connectivity index (χ4n) is 1.73. The number of carbonyl (C=O) groups excluding carboxylic acids is 1. The van der Waals surface area contributed by atoms with Crippen LogP contribution in [0.5, 0.6) is 5.75 Å². The molecule has 1 atom stereocenters. The van der Waals surface area contributed by atoms with E-state index in [2.05, 4.69) is 5.32 Å². The summed E-state index contributed by atoms with van der Waals surface area (Å²) in [6.07, 6.45) is 0.525. The number of amides is 1. The highest BCUT2D eigenvalue weighted by Gasteiger charge is 2.23. The minimum absolute atomic E-state index is 0.147. The van der Waals surface area contributed by atoms with Crippen LogP contribution in [0.25, 0.3) is 0 Å². The molecule has 0 aliphatic carbocycles. The van der Waals surface area contributed by atoms with Crippen molar-refractivity contribution in [3.63, 3.8) is 0 Å². The van der Waals surface area contributed by atoms with Crippen LogP contribution in [0.4, 0.5) is 0 Å². The SMILES string of the molecule is CC(C)C(NC(=O)CCc1ccccc1O)C(=O)O. The first-order valence-corrected chi connectivity index (χ1v) is 6.21. The summed E-state index contributed by atoms with van der Waals surface area (Å²) >= 11 is 0. The van der Waals surface area contributed by atoms with E-state index < -0.39 is 12.0 Å². The third-order valence-electron chi connectivity index (χ3n) is 2.86. The Balaban J connectivity index is 2.52. The van der Waals surface area contributed by atoms with E-state index in [1.54, 1.807) is 38.1 Å². The molecular weight excluding hydrogens is 246 g/mol. The number of para-hydroxylation sites is 1. The van der Waals surface area contributed by atoms with Crippen LogP contribution in [0, 0.1) is 5.92 Å². The number of hydrogen-bond donors (Lipinski definition) is 3. The molecule has 5 heteroatoms. The van der Waals surface area contributed by atoms with E-state index in [9.17, 15) is 14.7 Å². The van der Waals surface area contributed by atoms with Gasteiger partial charge in [-0.15, -0.1) is 0 Å². The lowest BCUT2D eigenvalue weighted by atomic mass is 10.0. The van der Waals surface area contributed by atoms with Crippen LogP contribution in [0.3, 0.4) is 0 Å². The van der Waals surface area contributed by atoms with Gasteiger partial charge in [0.2, 0.25) is 5.91 Å². The molecule has 0 aliphatic heterocycles. The molecule has 1 unspecified atom stereocenters. The number of carbonyl (C=O) groups is 2. The number of carboxylic acid groups (broad SMARTS) is 1. The van der Waals surface area contributed by atoms with Crippen LogP contribution in [0.2, 0.25) is 0 Å². The molecule has 5 nitrogen and oxygen atoms in total. The van der Waals surface area contributed by atoms with E-state index in [0.717, 1.165) is 0 Å². The molecule has 0 spiro atoms. The summed E-state index contributed by atoms with van der Waals surface area (Å²) in [5.41, 5.74) is 0.675. The first kappa shape index (κ1) is 15.0. The zero-order valence-electron chi connectivity index (χ0n) is 11.1. The zero-order chi connectivity index (χ0) is 14.4. The quantitative estimate of drug-likeness (QED) is 0.728. The lowest BCUT2D eigenvalue weighted by molar-refractivity contribution is -0.143. The Morgan fingerprint density at radius 3 is 2.42 bits per heavy atom. The summed E-state index contributed by atoms with van der Waals surface area (Å²) in [7, 11) is 0. The first-order chi connectivity index (χ1) is 8.91. The first-order valence-electron chi connectivity index (χ1n) is 6.21. The summed E-state index contributed by atoms with van der Waals surface area (Å²) in [5, 5.41) is 21.0. The second-order valence-corrected chi connectivity index (χ2v) is 4.76. The number of phenols is 1. The Morgan fingerprint density at radius 1 is 1.26 bits per heavy atom. The number of phenolic OH excluding ortho intramolecular Hbond substituents is 1. The van der Waals surface area contributed by atoms with Crippen molar-refractivity contribution in [3.8, 4) is 5.75 Å². The molecule has 1 aromatic rings. The maximum Gasteiger partial charge on any atom is 0.326 e. The van der Waals surface area contributed by atoms with E-state index in [1.165, 1.54) is 0 Å². The smallest absolute Gasteiger partial charge is 0.326 e. The molecule has 1 rings (SSSR count). The van der Waals surface area contributed by atoms with Crippen LogP contribution >= 0.6 is 0 Å². The van der Waals surface area contributed by atoms with Crippen LogP contribution in [0.1, 0.15) is 25.8 Å². The van der Waals surface area contributed by atoms with Crippen molar-refractivity contribution in [1.82, 2.24) is 5.32 Å². The lowest BCUT2D eigenvalue weighted by Crippen LogP contribution is -2.44. The van der Waals surface area contributed by atoms with Gasteiger partial charge in [0.1, 0.15) is 11.8 Å². The number of aryl methyl sites for hydroxylation is 1. The number of hydrogen-bond acceptors (Lipinski definition) is 3. The highest BCUT2D eigenvalue weighted by molar-refractivity contribution is 5.83. The molecule has 0 saturated heterocycles. The number of benzene rings is 1. The minimum atomic E-state index is -1.04. The van der Waals surface area contributed by atoms with E-state index in [1.807, 2.05) is 0 Å². The molecule has 19 heavy (non-hydrogen) atoms. The van der Waals surface area contributed by atoms with Gasteiger partial charge in [-0.05, 0) is 24.0 Å². The van der Waals surface area contributed by atoms with Crippen molar-refractivity contribution < 1.29 is 19.8 Å². The number of aliphatic carboxylic acids is 1. The molecule has 1 amide bonds. The largest absolute Gasteiger partial charge is 0.508 e. The highest BCUT2D eigenvalue weighted by Crippen LogP contribution is 2.17. The van der Waals surface area contributed by atoms with Crippen molar-refractivity contribution in [1.29, 1.82) is 0 Å². The Kier molecular flexibility index (Phi) is 5.36. The normalized spacial score (nSPS) is 12.2. The highest BCUT2D eigenvalue weighted by atomic mass is 16.4. The zero-order valence-corrected chi connectivity index (χ0v) is 11.1. The monoisotopic (exact) mass is 265 g/mol. The second-order valence-electron chi connectivity index (χ2n) is 4.76. The lowest BCUT2D eigenvalue weighted by Gasteiger charge is -2.17. The van der Waals surface area contributed by atoms with Gasteiger partial charge in [0.05, 0.1) is 0 Å². The van der Waals surface area contributed by atoms with E-state index >= 15 is 0 Å². The molecule has 0 aromatic heterocycles. The topological polar surface area (TPSA) is 86.6 Å². The summed E-state index contributed by atoms with van der Waals surface area (Å²) in [6, 6.07) is 5.90. The Labute approximate surface area is 112 Å². The van der Waals surface area contributed by atoms with Gasteiger partial charge in [-0.2, -0.15) is 0 Å². The maximum atomic E-state index is 11.7. The summed E-state index contributed by atoms with van der Waals surface area (Å²) in [4.78, 5) is 22.6. The summed E-state index contributed by atoms with van der Waals surface area (Å²) in [5.74, 6) is -1.39. The molecule has 0 bridgehead atoms. The summed E-state index contributed by atoms with van der Waals surface area (Å²) in [6.45, 7) is 3.48. The number of aromatic hydroxyl groups is 1. The predicted octanol–water partition coefficient (Wildman–Crippen LogP) is 1.55. The van der Waals surface area contributed by atoms with Crippen molar-refractivity contribution in [3.05, 3.63) is 29.8 Å². The van der Waals surface area contributed by atoms with E-state index in [0.29, 0.717) is 12.0 Å². The number of nitrogens with one attached hydrogen (secondary N) is 1. The second kappa shape index (κ2) is 6.78. The van der Waals surface area contributed by atoms with Gasteiger partial charge in [0, 0.05) is 6.42 Å². The van der Waals surface area contributed by atoms with Gasteiger partial charge in [-0.1, -0.05) is 32.0 Å². The van der Waals surface area contributed by atoms with Crippen molar-refractivity contribution in [2.75, 3.05) is 0 Å². The van der Waals surface area contributed by atoms with Crippen LogP contribution in [-0.4, -0.2) is 28.1 Å². The van der Waals surface area contributed by atoms with Gasteiger partial charge in [0.15, 0.2) is 0 Å². The molecule has 104 valence electrons. The third kappa shape index (κ3) is 4.62. The summed E-state index contributed by atoms with van der Waals surface area (Å²) < 4.78 is 0. The van der Waals surface area contributed by atoms with Gasteiger partial charge in [-0.3, -0.25) is 4.79 Å². The standard InChI is InChI=1S/C14H19NO4/c1-9(2)13(14(18)19)15-12(17)8-7-10-5-3-4-6-11(10)16/h3-6,9,13,16H,7-8H2,1-2H3,(H,15,17)(H,18,19). The molecule has 1 aromatic carbocycles. The number of carboxylic acids is 1. The molecule has 0 radical (unpaired) electrons. The minimum Gasteiger partial charge on any atom is -0.508 e. The van der Waals surface area contributed by atoms with E-state index in [4.69, 9.17) is 5.11 Å². The Bertz CT molecular complexity index is 457. The average molecular weight is 265 g/mol. The van der Waals surface area contributed by atoms with Crippen molar-refractivity contribution in [2.24, 2.45) is 5.92 Å². The van der Waals surface area contributed by atoms with Crippen molar-refractivity contribution >= 4 is 11.9 Å². The molecule has 3 N–H and O–H groups in total. The van der Waals surface area contributed by atoms with Gasteiger partial charge in [-0.25, -0.2) is 4.79 Å². The Morgan fingerprint density at radius 2 is 1.89 bits per heavy atom. The van der Waals surface area contributed by atoms with E-state index in [-0.39, 0.29) is 24.0 Å². The number of rotatable bonds is 6. The van der Waals surface area contributed by atoms with Gasteiger partial charge in [0.25, 0.3) is 0 Å². The van der Waals surface area contributed by atoms with Gasteiger partial charge >= 0.3 is 5.97 Å². The fraction of sp³-hybridized carbons (Fsp3) is 0.429. The predicted molar refractivity (Wildman–Crippen MR) is 70.8 cm³/mol. The molecule has 0 heterocycles. The van der Waals surface area contributed by atoms with Crippen LogP contribution in [-0.2, 0) is 16.0 Å². The van der Waals surface area contributed by atoms with Crippen LogP contribution < -0.4 is 5.32 Å². The average Bonchev–Trinajstić information content (AvgIpc) is 2.34.